The molecule has 0 aromatic heterocycles. The summed E-state index contributed by atoms with van der Waals surface area (Å²) in [6.45, 7) is 6.99. The Morgan fingerprint density at radius 1 is 0.962 bits per heavy atom. The average Bonchev–Trinajstić information content (AvgIpc) is 2.62. The molecule has 0 fully saturated rings. The van der Waals surface area contributed by atoms with Crippen LogP contribution in [0.4, 0.5) is 0 Å². The molecule has 0 heterocycles. The maximum Gasteiger partial charge on any atom is 0.251 e. The van der Waals surface area contributed by atoms with Crippen molar-refractivity contribution in [2.24, 2.45) is 0 Å². The standard InChI is InChI=1S/C21H26N2O3/c1-4-9-26-19-7-5-17(6-8-19)13-22-20(24)14-23-21(25)18-11-15(2)10-16(3)12-18/h5-8,10-12H,4,9,13-14H2,1-3H3,(H,22,24)(H,23,25). The van der Waals surface area contributed by atoms with Crippen LogP contribution >= 0.6 is 0 Å². The van der Waals surface area contributed by atoms with Gasteiger partial charge in [-0.15, -0.1) is 0 Å². The highest BCUT2D eigenvalue weighted by molar-refractivity contribution is 5.96. The second-order valence-electron chi connectivity index (χ2n) is 6.33. The van der Waals surface area contributed by atoms with E-state index in [9.17, 15) is 9.59 Å². The van der Waals surface area contributed by atoms with E-state index < -0.39 is 0 Å². The minimum absolute atomic E-state index is 0.0521. The molecule has 2 N–H and O–H groups in total. The summed E-state index contributed by atoms with van der Waals surface area (Å²) >= 11 is 0. The third-order valence-electron chi connectivity index (χ3n) is 3.78. The number of aryl methyl sites for hydroxylation is 2. The fourth-order valence-electron chi connectivity index (χ4n) is 2.55. The van der Waals surface area contributed by atoms with Gasteiger partial charge in [-0.05, 0) is 50.1 Å². The zero-order valence-corrected chi connectivity index (χ0v) is 15.6. The SMILES string of the molecule is CCCOc1ccc(CNC(=O)CNC(=O)c2cc(C)cc(C)c2)cc1. The second kappa shape index (κ2) is 9.61. The van der Waals surface area contributed by atoms with Crippen LogP contribution in [0.5, 0.6) is 5.75 Å². The van der Waals surface area contributed by atoms with Crippen LogP contribution < -0.4 is 15.4 Å². The van der Waals surface area contributed by atoms with Gasteiger partial charge < -0.3 is 15.4 Å². The molecule has 2 amide bonds. The maximum atomic E-state index is 12.1. The summed E-state index contributed by atoms with van der Waals surface area (Å²) in [6.07, 6.45) is 0.964. The third kappa shape index (κ3) is 6.24. The van der Waals surface area contributed by atoms with Crippen molar-refractivity contribution in [1.29, 1.82) is 0 Å². The monoisotopic (exact) mass is 354 g/mol. The van der Waals surface area contributed by atoms with Crippen molar-refractivity contribution < 1.29 is 14.3 Å². The lowest BCUT2D eigenvalue weighted by Gasteiger charge is -2.09. The van der Waals surface area contributed by atoms with Crippen molar-refractivity contribution in [1.82, 2.24) is 10.6 Å². The van der Waals surface area contributed by atoms with Gasteiger partial charge in [0, 0.05) is 12.1 Å². The number of carbonyl (C=O) groups excluding carboxylic acids is 2. The van der Waals surface area contributed by atoms with E-state index in [2.05, 4.69) is 17.6 Å². The van der Waals surface area contributed by atoms with E-state index in [1.54, 1.807) is 0 Å². The Bertz CT molecular complexity index is 734. The van der Waals surface area contributed by atoms with Crippen molar-refractivity contribution in [3.63, 3.8) is 0 Å². The van der Waals surface area contributed by atoms with Crippen LogP contribution in [0, 0.1) is 13.8 Å². The largest absolute Gasteiger partial charge is 0.494 e. The smallest absolute Gasteiger partial charge is 0.251 e. The Hall–Kier alpha value is -2.82. The van der Waals surface area contributed by atoms with Crippen molar-refractivity contribution in [2.45, 2.75) is 33.7 Å². The summed E-state index contributed by atoms with van der Waals surface area (Å²) in [4.78, 5) is 24.1. The van der Waals surface area contributed by atoms with Crippen LogP contribution in [0.25, 0.3) is 0 Å². The molecule has 0 radical (unpaired) electrons. The highest BCUT2D eigenvalue weighted by Crippen LogP contribution is 2.12. The summed E-state index contributed by atoms with van der Waals surface area (Å²) in [5.41, 5.74) is 3.58. The Morgan fingerprint density at radius 3 is 2.23 bits per heavy atom. The molecule has 0 aliphatic heterocycles. The molecule has 0 aliphatic rings. The Labute approximate surface area is 154 Å². The highest BCUT2D eigenvalue weighted by atomic mass is 16.5. The van der Waals surface area contributed by atoms with Gasteiger partial charge in [-0.2, -0.15) is 0 Å². The van der Waals surface area contributed by atoms with Crippen LogP contribution in [0.2, 0.25) is 0 Å². The molecule has 0 atom stereocenters. The third-order valence-corrected chi connectivity index (χ3v) is 3.78. The maximum absolute atomic E-state index is 12.1. The molecule has 5 nitrogen and oxygen atoms in total. The van der Waals surface area contributed by atoms with Gasteiger partial charge in [-0.3, -0.25) is 9.59 Å². The van der Waals surface area contributed by atoms with Crippen LogP contribution in [0.3, 0.4) is 0 Å². The van der Waals surface area contributed by atoms with Crippen LogP contribution in [-0.2, 0) is 11.3 Å². The number of amides is 2. The summed E-state index contributed by atoms with van der Waals surface area (Å²) in [5.74, 6) is 0.348. The molecule has 0 aliphatic carbocycles. The molecule has 0 bridgehead atoms. The van der Waals surface area contributed by atoms with E-state index in [0.717, 1.165) is 28.9 Å². The zero-order valence-electron chi connectivity index (χ0n) is 15.6. The number of hydrogen-bond donors (Lipinski definition) is 2. The first kappa shape index (κ1) is 19.5. The van der Waals surface area contributed by atoms with Gasteiger partial charge in [0.15, 0.2) is 0 Å². The van der Waals surface area contributed by atoms with Gasteiger partial charge in [-0.25, -0.2) is 0 Å². The van der Waals surface area contributed by atoms with Crippen LogP contribution in [-0.4, -0.2) is 25.0 Å². The van der Waals surface area contributed by atoms with Crippen molar-refractivity contribution >= 4 is 11.8 Å². The van der Waals surface area contributed by atoms with E-state index in [1.165, 1.54) is 0 Å². The predicted octanol–water partition coefficient (Wildman–Crippen LogP) is 3.14. The van der Waals surface area contributed by atoms with Crippen molar-refractivity contribution in [2.75, 3.05) is 13.2 Å². The van der Waals surface area contributed by atoms with Gasteiger partial charge in [-0.1, -0.05) is 36.2 Å². The van der Waals surface area contributed by atoms with Gasteiger partial charge in [0.1, 0.15) is 5.75 Å². The normalized spacial score (nSPS) is 10.3. The van der Waals surface area contributed by atoms with E-state index >= 15 is 0 Å². The molecular weight excluding hydrogens is 328 g/mol. The first-order chi connectivity index (χ1) is 12.5. The Kier molecular flexibility index (Phi) is 7.21. The molecular formula is C21H26N2O3. The summed E-state index contributed by atoms with van der Waals surface area (Å²) in [5, 5.41) is 5.45. The Morgan fingerprint density at radius 2 is 1.62 bits per heavy atom. The lowest BCUT2D eigenvalue weighted by atomic mass is 10.1. The number of benzene rings is 2. The summed E-state index contributed by atoms with van der Waals surface area (Å²) in [7, 11) is 0. The quantitative estimate of drug-likeness (QED) is 0.765. The molecule has 2 aromatic carbocycles. The first-order valence-corrected chi connectivity index (χ1v) is 8.83. The van der Waals surface area contributed by atoms with Gasteiger partial charge in [0.2, 0.25) is 5.91 Å². The summed E-state index contributed by atoms with van der Waals surface area (Å²) < 4.78 is 5.52. The fourth-order valence-corrected chi connectivity index (χ4v) is 2.55. The predicted molar refractivity (Wildman–Crippen MR) is 102 cm³/mol. The van der Waals surface area contributed by atoms with E-state index in [0.29, 0.717) is 18.7 Å². The van der Waals surface area contributed by atoms with E-state index in [1.807, 2.05) is 56.3 Å². The molecule has 5 heteroatoms. The topological polar surface area (TPSA) is 67.4 Å². The fraction of sp³-hybridized carbons (Fsp3) is 0.333. The van der Waals surface area contributed by atoms with E-state index in [-0.39, 0.29) is 18.4 Å². The molecule has 2 rings (SSSR count). The molecule has 0 unspecified atom stereocenters. The highest BCUT2D eigenvalue weighted by Gasteiger charge is 2.09. The lowest BCUT2D eigenvalue weighted by Crippen LogP contribution is -2.36. The lowest BCUT2D eigenvalue weighted by molar-refractivity contribution is -0.120. The second-order valence-corrected chi connectivity index (χ2v) is 6.33. The number of rotatable bonds is 8. The molecule has 138 valence electrons. The first-order valence-electron chi connectivity index (χ1n) is 8.83. The Balaban J connectivity index is 1.77. The number of hydrogen-bond acceptors (Lipinski definition) is 3. The van der Waals surface area contributed by atoms with Gasteiger partial charge in [0.25, 0.3) is 5.91 Å². The molecule has 26 heavy (non-hydrogen) atoms. The van der Waals surface area contributed by atoms with Crippen molar-refractivity contribution in [3.05, 3.63) is 64.7 Å². The minimum atomic E-state index is -0.246. The molecule has 0 spiro atoms. The number of ether oxygens (including phenoxy) is 1. The number of nitrogens with one attached hydrogen (secondary N) is 2. The summed E-state index contributed by atoms with van der Waals surface area (Å²) in [6, 6.07) is 13.2. The van der Waals surface area contributed by atoms with E-state index in [4.69, 9.17) is 4.74 Å². The van der Waals surface area contributed by atoms with Gasteiger partial charge >= 0.3 is 0 Å². The van der Waals surface area contributed by atoms with Crippen LogP contribution in [0.1, 0.15) is 40.4 Å². The molecule has 0 saturated carbocycles. The van der Waals surface area contributed by atoms with Gasteiger partial charge in [0.05, 0.1) is 13.2 Å². The zero-order chi connectivity index (χ0) is 18.9. The molecule has 2 aromatic rings. The minimum Gasteiger partial charge on any atom is -0.494 e. The number of carbonyl (C=O) groups is 2. The van der Waals surface area contributed by atoms with Crippen LogP contribution in [0.15, 0.2) is 42.5 Å². The average molecular weight is 354 g/mol. The van der Waals surface area contributed by atoms with Crippen molar-refractivity contribution in [3.8, 4) is 5.75 Å². The molecule has 0 saturated heterocycles.